The second-order valence-corrected chi connectivity index (χ2v) is 7.99. The van der Waals surface area contributed by atoms with Gasteiger partial charge in [-0.15, -0.1) is 12.4 Å². The van der Waals surface area contributed by atoms with E-state index >= 15 is 0 Å². The van der Waals surface area contributed by atoms with Gasteiger partial charge in [0.2, 0.25) is 11.8 Å². The molecule has 0 bridgehead atoms. The molecule has 0 spiro atoms. The van der Waals surface area contributed by atoms with Crippen LogP contribution in [0.25, 0.3) is 0 Å². The molecule has 2 aromatic rings. The second kappa shape index (κ2) is 10.1. The molecular weight excluding hydrogens is 402 g/mol. The maximum absolute atomic E-state index is 13.4. The highest BCUT2D eigenvalue weighted by atomic mass is 35.5. The number of benzene rings is 1. The highest BCUT2D eigenvalue weighted by Crippen LogP contribution is 2.26. The lowest BCUT2D eigenvalue weighted by atomic mass is 9.94. The van der Waals surface area contributed by atoms with E-state index in [1.807, 2.05) is 57.9 Å². The lowest BCUT2D eigenvalue weighted by molar-refractivity contribution is -0.143. The number of hydrogen-bond donors (Lipinski definition) is 1. The minimum absolute atomic E-state index is 0. The molecule has 162 valence electrons. The minimum atomic E-state index is -0.135. The number of carbonyl (C=O) groups is 2. The van der Waals surface area contributed by atoms with Crippen molar-refractivity contribution in [2.45, 2.75) is 25.3 Å². The molecule has 0 saturated carbocycles. The molecule has 2 saturated heterocycles. The van der Waals surface area contributed by atoms with Gasteiger partial charge in [-0.2, -0.15) is 0 Å². The summed E-state index contributed by atoms with van der Waals surface area (Å²) < 4.78 is 1.98. The largest absolute Gasteiger partial charge is 0.342 e. The van der Waals surface area contributed by atoms with Crippen LogP contribution in [-0.2, 0) is 23.1 Å². The summed E-state index contributed by atoms with van der Waals surface area (Å²) in [5.74, 6) is 1.02. The predicted molar refractivity (Wildman–Crippen MR) is 117 cm³/mol. The van der Waals surface area contributed by atoms with E-state index in [1.165, 1.54) is 0 Å². The number of aryl methyl sites for hydroxylation is 1. The van der Waals surface area contributed by atoms with E-state index in [2.05, 4.69) is 10.3 Å². The van der Waals surface area contributed by atoms with Gasteiger partial charge in [0.15, 0.2) is 0 Å². The van der Waals surface area contributed by atoms with Gasteiger partial charge in [-0.25, -0.2) is 4.98 Å². The van der Waals surface area contributed by atoms with Crippen LogP contribution in [0.2, 0.25) is 0 Å². The number of piperidine rings is 1. The van der Waals surface area contributed by atoms with Gasteiger partial charge in [0.1, 0.15) is 11.9 Å². The fourth-order valence-electron chi connectivity index (χ4n) is 4.42. The SMILES string of the molecule is Cl.Cn1ccnc1C1CNCCN1C(=O)C1CCCN(C(=O)Cc2ccccc2)C1. The highest BCUT2D eigenvalue weighted by molar-refractivity contribution is 5.85. The van der Waals surface area contributed by atoms with E-state index in [4.69, 9.17) is 0 Å². The van der Waals surface area contributed by atoms with Crippen LogP contribution in [0, 0.1) is 5.92 Å². The van der Waals surface area contributed by atoms with Gasteiger partial charge in [-0.05, 0) is 18.4 Å². The van der Waals surface area contributed by atoms with E-state index in [9.17, 15) is 9.59 Å². The Labute approximate surface area is 183 Å². The molecule has 0 aliphatic carbocycles. The Morgan fingerprint density at radius 1 is 1.20 bits per heavy atom. The molecule has 1 aromatic heterocycles. The van der Waals surface area contributed by atoms with Gasteiger partial charge < -0.3 is 19.7 Å². The predicted octanol–water partition coefficient (Wildman–Crippen LogP) is 1.80. The Bertz CT molecular complexity index is 856. The third-order valence-electron chi connectivity index (χ3n) is 6.00. The van der Waals surface area contributed by atoms with E-state index < -0.39 is 0 Å². The van der Waals surface area contributed by atoms with Crippen molar-refractivity contribution in [1.82, 2.24) is 24.7 Å². The molecule has 2 fully saturated rings. The molecule has 8 heteroatoms. The Morgan fingerprint density at radius 3 is 2.73 bits per heavy atom. The first-order valence-corrected chi connectivity index (χ1v) is 10.4. The van der Waals surface area contributed by atoms with Crippen molar-refractivity contribution in [1.29, 1.82) is 0 Å². The molecule has 7 nitrogen and oxygen atoms in total. The first kappa shape index (κ1) is 22.3. The molecule has 2 unspecified atom stereocenters. The van der Waals surface area contributed by atoms with E-state index in [1.54, 1.807) is 6.20 Å². The number of hydrogen-bond acceptors (Lipinski definition) is 4. The van der Waals surface area contributed by atoms with Crippen molar-refractivity contribution in [2.24, 2.45) is 13.0 Å². The van der Waals surface area contributed by atoms with Gasteiger partial charge in [0.05, 0.1) is 12.3 Å². The lowest BCUT2D eigenvalue weighted by Crippen LogP contribution is -2.53. The van der Waals surface area contributed by atoms with Crippen molar-refractivity contribution >= 4 is 24.2 Å². The Hall–Kier alpha value is -2.38. The van der Waals surface area contributed by atoms with Crippen LogP contribution in [0.4, 0.5) is 0 Å². The van der Waals surface area contributed by atoms with Crippen LogP contribution in [0.1, 0.15) is 30.3 Å². The number of halogens is 1. The lowest BCUT2D eigenvalue weighted by Gasteiger charge is -2.40. The third kappa shape index (κ3) is 4.84. The molecule has 1 N–H and O–H groups in total. The summed E-state index contributed by atoms with van der Waals surface area (Å²) in [6.07, 6.45) is 5.79. The molecule has 4 rings (SSSR count). The van der Waals surface area contributed by atoms with Gasteiger partial charge in [0.25, 0.3) is 0 Å². The molecule has 30 heavy (non-hydrogen) atoms. The zero-order valence-electron chi connectivity index (χ0n) is 17.4. The number of nitrogens with one attached hydrogen (secondary N) is 1. The maximum atomic E-state index is 13.4. The summed E-state index contributed by atoms with van der Waals surface area (Å²) in [5.41, 5.74) is 1.02. The normalized spacial score (nSPS) is 21.8. The highest BCUT2D eigenvalue weighted by Gasteiger charge is 2.36. The van der Waals surface area contributed by atoms with Crippen molar-refractivity contribution in [2.75, 3.05) is 32.7 Å². The molecule has 2 aliphatic rings. The summed E-state index contributed by atoms with van der Waals surface area (Å²) in [4.78, 5) is 34.5. The van der Waals surface area contributed by atoms with Gasteiger partial charge in [-0.1, -0.05) is 30.3 Å². The Morgan fingerprint density at radius 2 is 2.00 bits per heavy atom. The van der Waals surface area contributed by atoms with Crippen molar-refractivity contribution in [3.63, 3.8) is 0 Å². The van der Waals surface area contributed by atoms with Crippen LogP contribution in [0.15, 0.2) is 42.7 Å². The van der Waals surface area contributed by atoms with Crippen LogP contribution < -0.4 is 5.32 Å². The fourth-order valence-corrected chi connectivity index (χ4v) is 4.42. The number of amides is 2. The quantitative estimate of drug-likeness (QED) is 0.801. The Kier molecular flexibility index (Phi) is 7.50. The van der Waals surface area contributed by atoms with Crippen molar-refractivity contribution in [3.8, 4) is 0 Å². The molecule has 2 atom stereocenters. The number of likely N-dealkylation sites (tertiary alicyclic amines) is 1. The molecule has 0 radical (unpaired) electrons. The van der Waals surface area contributed by atoms with Crippen LogP contribution in [0.3, 0.4) is 0 Å². The number of rotatable bonds is 4. The molecule has 1 aromatic carbocycles. The minimum Gasteiger partial charge on any atom is -0.342 e. The second-order valence-electron chi connectivity index (χ2n) is 7.99. The molecule has 2 aliphatic heterocycles. The number of aromatic nitrogens is 2. The van der Waals surface area contributed by atoms with Crippen molar-refractivity contribution < 1.29 is 9.59 Å². The summed E-state index contributed by atoms with van der Waals surface area (Å²) in [7, 11) is 1.96. The fraction of sp³-hybridized carbons (Fsp3) is 0.500. The number of carbonyl (C=O) groups excluding carboxylic acids is 2. The standard InChI is InChI=1S/C22H29N5O2.ClH/c1-25-12-10-24-21(25)19-15-23-9-13-27(19)22(29)18-8-5-11-26(16-18)20(28)14-17-6-3-2-4-7-17;/h2-4,6-7,10,12,18-19,23H,5,8-9,11,13-16H2,1H3;1H. The molecular formula is C22H30ClN5O2. The monoisotopic (exact) mass is 431 g/mol. The summed E-state index contributed by atoms with van der Waals surface area (Å²) >= 11 is 0. The summed E-state index contributed by atoms with van der Waals surface area (Å²) in [6.45, 7) is 3.42. The topological polar surface area (TPSA) is 70.5 Å². The average Bonchev–Trinajstić information content (AvgIpc) is 3.19. The molecule has 3 heterocycles. The zero-order chi connectivity index (χ0) is 20.2. The van der Waals surface area contributed by atoms with Gasteiger partial charge in [0, 0.05) is 52.2 Å². The van der Waals surface area contributed by atoms with Crippen molar-refractivity contribution in [3.05, 3.63) is 54.1 Å². The first-order valence-electron chi connectivity index (χ1n) is 10.4. The number of nitrogens with zero attached hydrogens (tertiary/aromatic N) is 4. The zero-order valence-corrected chi connectivity index (χ0v) is 18.2. The maximum Gasteiger partial charge on any atom is 0.228 e. The first-order chi connectivity index (χ1) is 14.1. The average molecular weight is 432 g/mol. The number of piperazine rings is 1. The Balaban J connectivity index is 0.00000256. The van der Waals surface area contributed by atoms with E-state index in [0.29, 0.717) is 26.1 Å². The smallest absolute Gasteiger partial charge is 0.228 e. The van der Waals surface area contributed by atoms with Crippen LogP contribution >= 0.6 is 12.4 Å². The van der Waals surface area contributed by atoms with Crippen LogP contribution in [-0.4, -0.2) is 63.9 Å². The van der Waals surface area contributed by atoms with Crippen LogP contribution in [0.5, 0.6) is 0 Å². The molecule has 2 amide bonds. The van der Waals surface area contributed by atoms with Gasteiger partial charge >= 0.3 is 0 Å². The summed E-state index contributed by atoms with van der Waals surface area (Å²) in [5, 5.41) is 3.38. The van der Waals surface area contributed by atoms with E-state index in [0.717, 1.165) is 37.3 Å². The van der Waals surface area contributed by atoms with E-state index in [-0.39, 0.29) is 36.2 Å². The van der Waals surface area contributed by atoms with Gasteiger partial charge in [-0.3, -0.25) is 9.59 Å². The summed E-state index contributed by atoms with van der Waals surface area (Å²) in [6, 6.07) is 9.74. The third-order valence-corrected chi connectivity index (χ3v) is 6.00. The number of imidazole rings is 1.